The number of anilines is 2. The molecule has 0 radical (unpaired) electrons. The van der Waals surface area contributed by atoms with Crippen LogP contribution in [0.25, 0.3) is 5.95 Å². The fourth-order valence-corrected chi connectivity index (χ4v) is 1.62. The number of nitrogens with one attached hydrogen (secondary N) is 2. The topological polar surface area (TPSA) is 137 Å². The predicted octanol–water partition coefficient (Wildman–Crippen LogP) is -1.47. The summed E-state index contributed by atoms with van der Waals surface area (Å²) in [6.07, 6.45) is 4.45. The first-order valence-electron chi connectivity index (χ1n) is 5.30. The molecular formula is C8H13N9OS. The molecule has 2 aromatic heterocycles. The quantitative estimate of drug-likeness (QED) is 0.428. The largest absolute Gasteiger partial charge is 0.353 e. The van der Waals surface area contributed by atoms with Crippen molar-refractivity contribution in [3.8, 4) is 5.95 Å². The molecule has 0 aliphatic rings. The van der Waals surface area contributed by atoms with Gasteiger partial charge in [0.15, 0.2) is 0 Å². The van der Waals surface area contributed by atoms with Crippen molar-refractivity contribution in [3.63, 3.8) is 0 Å². The molecule has 0 fully saturated rings. The lowest BCUT2D eigenvalue weighted by atomic mass is 10.7. The van der Waals surface area contributed by atoms with Crippen LogP contribution in [0.5, 0.6) is 0 Å². The third-order valence-corrected chi connectivity index (χ3v) is 2.83. The molecule has 0 amide bonds. The predicted molar refractivity (Wildman–Crippen MR) is 70.0 cm³/mol. The van der Waals surface area contributed by atoms with Crippen LogP contribution < -0.4 is 16.6 Å². The Bertz CT molecular complexity index is 557. The van der Waals surface area contributed by atoms with E-state index in [4.69, 9.17) is 5.84 Å². The highest BCUT2D eigenvalue weighted by Crippen LogP contribution is 2.06. The van der Waals surface area contributed by atoms with Gasteiger partial charge in [-0.25, -0.2) is 10.8 Å². The van der Waals surface area contributed by atoms with Crippen LogP contribution in [0.1, 0.15) is 0 Å². The number of nitrogens with two attached hydrogens (primary N) is 1. The molecule has 0 aliphatic heterocycles. The second-order valence-electron chi connectivity index (χ2n) is 3.47. The third kappa shape index (κ3) is 3.66. The van der Waals surface area contributed by atoms with E-state index in [1.54, 1.807) is 6.26 Å². The Kier molecular flexibility index (Phi) is 4.30. The van der Waals surface area contributed by atoms with Gasteiger partial charge >= 0.3 is 0 Å². The van der Waals surface area contributed by atoms with Gasteiger partial charge in [-0.3, -0.25) is 9.63 Å². The summed E-state index contributed by atoms with van der Waals surface area (Å²) >= 11 is 0. The van der Waals surface area contributed by atoms with E-state index >= 15 is 0 Å². The SMILES string of the molecule is CS(=O)CCNc1nc(NN)nc(-n2cncn2)n1. The van der Waals surface area contributed by atoms with Crippen LogP contribution in [0.15, 0.2) is 12.7 Å². The van der Waals surface area contributed by atoms with E-state index in [2.05, 4.69) is 35.8 Å². The number of hydrazine groups is 1. The first kappa shape index (κ1) is 13.3. The summed E-state index contributed by atoms with van der Waals surface area (Å²) in [6, 6.07) is 0. The fraction of sp³-hybridized carbons (Fsp3) is 0.375. The average Bonchev–Trinajstić information content (AvgIpc) is 2.92. The van der Waals surface area contributed by atoms with Crippen LogP contribution >= 0.6 is 0 Å². The number of rotatable bonds is 6. The Morgan fingerprint density at radius 3 is 2.79 bits per heavy atom. The lowest BCUT2D eigenvalue weighted by Crippen LogP contribution is -2.17. The molecular weight excluding hydrogens is 270 g/mol. The van der Waals surface area contributed by atoms with Crippen LogP contribution in [-0.2, 0) is 10.8 Å². The zero-order valence-corrected chi connectivity index (χ0v) is 11.0. The van der Waals surface area contributed by atoms with Crippen molar-refractivity contribution in [1.82, 2.24) is 29.7 Å². The number of nitrogen functional groups attached to an aromatic ring is 1. The first-order chi connectivity index (χ1) is 9.19. The van der Waals surface area contributed by atoms with E-state index in [1.807, 2.05) is 0 Å². The van der Waals surface area contributed by atoms with Gasteiger partial charge in [-0.05, 0) is 0 Å². The minimum atomic E-state index is -0.883. The van der Waals surface area contributed by atoms with Crippen molar-refractivity contribution in [2.24, 2.45) is 5.84 Å². The first-order valence-corrected chi connectivity index (χ1v) is 7.03. The van der Waals surface area contributed by atoms with Gasteiger partial charge in [-0.15, -0.1) is 0 Å². The van der Waals surface area contributed by atoms with Crippen molar-refractivity contribution in [2.75, 3.05) is 29.3 Å². The number of hydrogen-bond donors (Lipinski definition) is 3. The average molecular weight is 283 g/mol. The maximum Gasteiger partial charge on any atom is 0.258 e. The molecule has 1 atom stereocenters. The molecule has 1 unspecified atom stereocenters. The molecule has 0 spiro atoms. The highest BCUT2D eigenvalue weighted by Gasteiger charge is 2.07. The van der Waals surface area contributed by atoms with Gasteiger partial charge in [0.05, 0.1) is 0 Å². The van der Waals surface area contributed by atoms with Crippen molar-refractivity contribution >= 4 is 22.7 Å². The summed E-state index contributed by atoms with van der Waals surface area (Å²) in [5.41, 5.74) is 2.35. The van der Waals surface area contributed by atoms with Crippen LogP contribution in [0.3, 0.4) is 0 Å². The molecule has 0 saturated carbocycles. The van der Waals surface area contributed by atoms with Gasteiger partial charge in [0.25, 0.3) is 5.95 Å². The lowest BCUT2D eigenvalue weighted by Gasteiger charge is -2.07. The Morgan fingerprint density at radius 1 is 1.37 bits per heavy atom. The summed E-state index contributed by atoms with van der Waals surface area (Å²) in [7, 11) is -0.883. The van der Waals surface area contributed by atoms with Crippen LogP contribution in [-0.4, -0.2) is 52.5 Å². The molecule has 0 aliphatic carbocycles. The summed E-state index contributed by atoms with van der Waals surface area (Å²) in [6.45, 7) is 0.480. The second kappa shape index (κ2) is 6.15. The van der Waals surface area contributed by atoms with Gasteiger partial charge < -0.3 is 5.32 Å². The molecule has 0 bridgehead atoms. The van der Waals surface area contributed by atoms with E-state index in [0.29, 0.717) is 18.2 Å². The van der Waals surface area contributed by atoms with Crippen LogP contribution in [0.4, 0.5) is 11.9 Å². The molecule has 0 aromatic carbocycles. The van der Waals surface area contributed by atoms with Gasteiger partial charge in [0.2, 0.25) is 11.9 Å². The summed E-state index contributed by atoms with van der Waals surface area (Å²) < 4.78 is 12.4. The van der Waals surface area contributed by atoms with E-state index in [1.165, 1.54) is 17.3 Å². The van der Waals surface area contributed by atoms with Gasteiger partial charge in [-0.1, -0.05) is 0 Å². The summed E-state index contributed by atoms with van der Waals surface area (Å²) in [5, 5.41) is 6.86. The summed E-state index contributed by atoms with van der Waals surface area (Å²) in [4.78, 5) is 16.0. The standard InChI is InChI=1S/C8H13N9OS/c1-19(18)3-2-11-6-13-7(16-9)15-8(14-6)17-5-10-4-12-17/h4-5H,2-3,9H2,1H3,(H2,11,13,14,15,16). The maximum atomic E-state index is 11.0. The van der Waals surface area contributed by atoms with Crippen molar-refractivity contribution in [3.05, 3.63) is 12.7 Å². The van der Waals surface area contributed by atoms with E-state index in [9.17, 15) is 4.21 Å². The second-order valence-corrected chi connectivity index (χ2v) is 5.03. The highest BCUT2D eigenvalue weighted by molar-refractivity contribution is 7.84. The van der Waals surface area contributed by atoms with Crippen molar-refractivity contribution < 1.29 is 4.21 Å². The minimum absolute atomic E-state index is 0.195. The van der Waals surface area contributed by atoms with E-state index in [0.717, 1.165) is 0 Å². The maximum absolute atomic E-state index is 11.0. The molecule has 19 heavy (non-hydrogen) atoms. The molecule has 4 N–H and O–H groups in total. The highest BCUT2D eigenvalue weighted by atomic mass is 32.2. The van der Waals surface area contributed by atoms with Crippen molar-refractivity contribution in [2.45, 2.75) is 0 Å². The van der Waals surface area contributed by atoms with E-state index in [-0.39, 0.29) is 11.9 Å². The van der Waals surface area contributed by atoms with Gasteiger partial charge in [-0.2, -0.15) is 24.7 Å². The Morgan fingerprint density at radius 2 is 2.16 bits per heavy atom. The monoisotopic (exact) mass is 283 g/mol. The Hall–Kier alpha value is -2.14. The zero-order valence-electron chi connectivity index (χ0n) is 10.1. The van der Waals surface area contributed by atoms with Gasteiger partial charge in [0, 0.05) is 29.4 Å². The molecule has 102 valence electrons. The third-order valence-electron chi connectivity index (χ3n) is 2.05. The smallest absolute Gasteiger partial charge is 0.258 e. The van der Waals surface area contributed by atoms with E-state index < -0.39 is 10.8 Å². The van der Waals surface area contributed by atoms with Gasteiger partial charge in [0.1, 0.15) is 12.7 Å². The Balaban J connectivity index is 2.19. The van der Waals surface area contributed by atoms with Crippen molar-refractivity contribution in [1.29, 1.82) is 0 Å². The number of nitrogens with zero attached hydrogens (tertiary/aromatic N) is 6. The fourth-order valence-electron chi connectivity index (χ4n) is 1.23. The molecule has 2 heterocycles. The lowest BCUT2D eigenvalue weighted by molar-refractivity contribution is 0.687. The molecule has 2 rings (SSSR count). The minimum Gasteiger partial charge on any atom is -0.353 e. The molecule has 0 saturated heterocycles. The molecule has 2 aromatic rings. The number of aromatic nitrogens is 6. The van der Waals surface area contributed by atoms with Crippen LogP contribution in [0.2, 0.25) is 0 Å². The Labute approximate surface area is 111 Å². The molecule has 10 nitrogen and oxygen atoms in total. The zero-order chi connectivity index (χ0) is 13.7. The molecule has 11 heteroatoms. The van der Waals surface area contributed by atoms with Crippen LogP contribution in [0, 0.1) is 0 Å². The number of hydrogen-bond acceptors (Lipinski definition) is 9. The normalized spacial score (nSPS) is 12.1. The summed E-state index contributed by atoms with van der Waals surface area (Å²) in [5.74, 6) is 6.58.